The number of thiocarbonyl (C=S) groups is 1. The van der Waals surface area contributed by atoms with Crippen molar-refractivity contribution in [2.75, 3.05) is 58.4 Å². The number of carbonyl (C=O) groups is 3. The average molecular weight is 717 g/mol. The zero-order valence-electron chi connectivity index (χ0n) is 25.3. The van der Waals surface area contributed by atoms with Crippen molar-refractivity contribution >= 4 is 81.0 Å². The molecule has 3 aromatic carbocycles. The summed E-state index contributed by atoms with van der Waals surface area (Å²) >= 11 is 19.1. The molecule has 2 aliphatic heterocycles. The Morgan fingerprint density at radius 1 is 1.02 bits per heavy atom. The van der Waals surface area contributed by atoms with E-state index in [1.54, 1.807) is 18.2 Å². The Hall–Kier alpha value is -3.65. The van der Waals surface area contributed by atoms with Gasteiger partial charge in [-0.2, -0.15) is 0 Å². The van der Waals surface area contributed by atoms with Crippen molar-refractivity contribution < 1.29 is 33.7 Å². The summed E-state index contributed by atoms with van der Waals surface area (Å²) in [7, 11) is 1.38. The Morgan fingerprint density at radius 3 is 2.49 bits per heavy atom. The van der Waals surface area contributed by atoms with Gasteiger partial charge in [0.25, 0.3) is 5.91 Å². The van der Waals surface area contributed by atoms with Crippen molar-refractivity contribution in [3.8, 4) is 22.6 Å². The van der Waals surface area contributed by atoms with Crippen LogP contribution in [0.2, 0.25) is 10.0 Å². The third-order valence-electron chi connectivity index (χ3n) is 7.48. The first-order valence-electron chi connectivity index (χ1n) is 14.6. The predicted octanol–water partition coefficient (Wildman–Crippen LogP) is 6.31. The number of nitrogens with zero attached hydrogens (tertiary/aromatic N) is 2. The zero-order valence-corrected chi connectivity index (χ0v) is 28.4. The summed E-state index contributed by atoms with van der Waals surface area (Å²) in [6, 6.07) is 15.2. The van der Waals surface area contributed by atoms with Crippen LogP contribution in [0.5, 0.6) is 11.5 Å². The number of methoxy groups -OCH3 is 1. The van der Waals surface area contributed by atoms with E-state index in [0.29, 0.717) is 56.1 Å². The highest BCUT2D eigenvalue weighted by atomic mass is 35.5. The molecule has 47 heavy (non-hydrogen) atoms. The van der Waals surface area contributed by atoms with Crippen LogP contribution in [0.4, 0.5) is 5.69 Å². The van der Waals surface area contributed by atoms with Crippen LogP contribution in [-0.4, -0.2) is 90.1 Å². The van der Waals surface area contributed by atoms with E-state index in [-0.39, 0.29) is 30.2 Å². The van der Waals surface area contributed by atoms with Gasteiger partial charge >= 0.3 is 5.97 Å². The fraction of sp³-hybridized carbons (Fsp3) is 0.273. The van der Waals surface area contributed by atoms with Gasteiger partial charge in [-0.15, -0.1) is 0 Å². The maximum absolute atomic E-state index is 13.5. The van der Waals surface area contributed by atoms with Crippen LogP contribution >= 0.6 is 47.2 Å². The van der Waals surface area contributed by atoms with Crippen LogP contribution in [0.25, 0.3) is 17.2 Å². The van der Waals surface area contributed by atoms with Gasteiger partial charge in [0, 0.05) is 38.2 Å². The van der Waals surface area contributed by atoms with Crippen LogP contribution in [0.15, 0.2) is 59.5 Å². The molecule has 0 spiro atoms. The molecule has 3 aromatic rings. The summed E-state index contributed by atoms with van der Waals surface area (Å²) < 4.78 is 17.2. The van der Waals surface area contributed by atoms with E-state index in [4.69, 9.17) is 49.6 Å². The molecule has 0 unspecified atom stereocenters. The minimum Gasteiger partial charge on any atom is -0.495 e. The van der Waals surface area contributed by atoms with Crippen molar-refractivity contribution in [2.24, 2.45) is 0 Å². The average Bonchev–Trinajstić information content (AvgIpc) is 3.33. The fourth-order valence-electron chi connectivity index (χ4n) is 4.95. The molecule has 2 fully saturated rings. The lowest BCUT2D eigenvalue weighted by molar-refractivity contribution is -0.122. The Labute approximate surface area is 291 Å². The molecular weight excluding hydrogens is 685 g/mol. The number of amides is 2. The smallest absolute Gasteiger partial charge is 0.335 e. The molecule has 0 aromatic heterocycles. The molecule has 2 heterocycles. The van der Waals surface area contributed by atoms with Crippen LogP contribution in [-0.2, 0) is 14.3 Å². The Kier molecular flexibility index (Phi) is 11.8. The molecule has 10 nitrogen and oxygen atoms in total. The predicted molar refractivity (Wildman–Crippen MR) is 188 cm³/mol. The number of carboxylic acids is 1. The number of carbonyl (C=O) groups excluding carboxylic acids is 2. The first-order valence-corrected chi connectivity index (χ1v) is 16.6. The second-order valence-electron chi connectivity index (χ2n) is 10.5. The number of benzene rings is 3. The largest absolute Gasteiger partial charge is 0.495 e. The molecule has 246 valence electrons. The standard InChI is InChI=1S/C33H31Cl2N3O7S2/c1-43-28-18-22(32(41)42)3-6-26(28)36-30(39)8-9-38-31(40)29(47-33(38)46)19-23-16-20(21-2-5-24(34)25(35)17-21)4-7-27(23)45-15-12-37-10-13-44-14-11-37/h2-7,16-19H,8-15H2,1H3,(H,36,39)(H,41,42). The number of rotatable bonds is 12. The summed E-state index contributed by atoms with van der Waals surface area (Å²) in [4.78, 5) is 41.6. The lowest BCUT2D eigenvalue weighted by Gasteiger charge is -2.26. The second-order valence-corrected chi connectivity index (χ2v) is 13.0. The van der Waals surface area contributed by atoms with Crippen molar-refractivity contribution in [3.05, 3.63) is 80.7 Å². The lowest BCUT2D eigenvalue weighted by Crippen LogP contribution is -2.38. The normalized spacial score (nSPS) is 16.1. The third kappa shape index (κ3) is 8.83. The number of anilines is 1. The number of thioether (sulfide) groups is 1. The molecular formula is C33H31Cl2N3O7S2. The van der Waals surface area contributed by atoms with Gasteiger partial charge in [-0.3, -0.25) is 19.4 Å². The summed E-state index contributed by atoms with van der Waals surface area (Å²) in [5.41, 5.74) is 2.73. The minimum absolute atomic E-state index is 0.0253. The third-order valence-corrected chi connectivity index (χ3v) is 9.59. The highest BCUT2D eigenvalue weighted by molar-refractivity contribution is 8.26. The van der Waals surface area contributed by atoms with E-state index in [2.05, 4.69) is 10.2 Å². The number of morpholine rings is 1. The van der Waals surface area contributed by atoms with E-state index < -0.39 is 11.9 Å². The summed E-state index contributed by atoms with van der Waals surface area (Å²) in [5.74, 6) is -1.02. The summed E-state index contributed by atoms with van der Waals surface area (Å²) in [6.45, 7) is 4.32. The maximum atomic E-state index is 13.5. The van der Waals surface area contributed by atoms with Gasteiger partial charge in [0.05, 0.1) is 46.5 Å². The number of hydrogen-bond acceptors (Lipinski definition) is 9. The molecule has 5 rings (SSSR count). The van der Waals surface area contributed by atoms with Crippen LogP contribution in [0.3, 0.4) is 0 Å². The molecule has 2 saturated heterocycles. The lowest BCUT2D eigenvalue weighted by atomic mass is 10.0. The van der Waals surface area contributed by atoms with Crippen molar-refractivity contribution in [2.45, 2.75) is 6.42 Å². The molecule has 2 aliphatic rings. The van der Waals surface area contributed by atoms with Gasteiger partial charge in [-0.05, 0) is 59.7 Å². The zero-order chi connectivity index (χ0) is 33.5. The van der Waals surface area contributed by atoms with Gasteiger partial charge in [0.2, 0.25) is 5.91 Å². The molecule has 2 amide bonds. The van der Waals surface area contributed by atoms with E-state index in [9.17, 15) is 19.5 Å². The Morgan fingerprint density at radius 2 is 1.77 bits per heavy atom. The second kappa shape index (κ2) is 16.0. The summed E-state index contributed by atoms with van der Waals surface area (Å²) in [6.07, 6.45) is 1.70. The monoisotopic (exact) mass is 715 g/mol. The number of halogens is 2. The Bertz CT molecular complexity index is 1730. The molecule has 0 saturated carbocycles. The first kappa shape index (κ1) is 34.7. The topological polar surface area (TPSA) is 118 Å². The van der Waals surface area contributed by atoms with E-state index in [1.807, 2.05) is 24.3 Å². The molecule has 0 radical (unpaired) electrons. The number of hydrogen-bond donors (Lipinski definition) is 2. The van der Waals surface area contributed by atoms with E-state index in [0.717, 1.165) is 42.5 Å². The highest BCUT2D eigenvalue weighted by Gasteiger charge is 2.32. The van der Waals surface area contributed by atoms with Crippen molar-refractivity contribution in [3.63, 3.8) is 0 Å². The molecule has 2 N–H and O–H groups in total. The number of ether oxygens (including phenoxy) is 3. The van der Waals surface area contributed by atoms with Gasteiger partial charge in [-0.1, -0.05) is 59.3 Å². The van der Waals surface area contributed by atoms with Gasteiger partial charge in [0.1, 0.15) is 22.4 Å². The van der Waals surface area contributed by atoms with Crippen molar-refractivity contribution in [1.29, 1.82) is 0 Å². The Balaban J connectivity index is 1.31. The fourth-order valence-corrected chi connectivity index (χ4v) is 6.54. The van der Waals surface area contributed by atoms with E-state index in [1.165, 1.54) is 30.2 Å². The van der Waals surface area contributed by atoms with Gasteiger partial charge < -0.3 is 24.6 Å². The maximum Gasteiger partial charge on any atom is 0.335 e. The first-order chi connectivity index (χ1) is 22.6. The molecule has 0 atom stereocenters. The van der Waals surface area contributed by atoms with Crippen LogP contribution < -0.4 is 14.8 Å². The quantitative estimate of drug-likeness (QED) is 0.163. The number of carboxylic acid groups (broad SMARTS) is 1. The van der Waals surface area contributed by atoms with Gasteiger partial charge in [0.15, 0.2) is 0 Å². The summed E-state index contributed by atoms with van der Waals surface area (Å²) in [5, 5.41) is 12.8. The minimum atomic E-state index is -1.11. The highest BCUT2D eigenvalue weighted by Crippen LogP contribution is 2.37. The number of aromatic carboxylic acids is 1. The molecule has 14 heteroatoms. The molecule has 0 bridgehead atoms. The van der Waals surface area contributed by atoms with Crippen molar-refractivity contribution in [1.82, 2.24) is 9.80 Å². The van der Waals surface area contributed by atoms with Gasteiger partial charge in [-0.25, -0.2) is 4.79 Å². The SMILES string of the molecule is COc1cc(C(=O)O)ccc1NC(=O)CCN1C(=O)C(=Cc2cc(-c3ccc(Cl)c(Cl)c3)ccc2OCCN2CCOCC2)SC1=S. The molecule has 0 aliphatic carbocycles. The van der Waals surface area contributed by atoms with Crippen LogP contribution in [0.1, 0.15) is 22.3 Å². The van der Waals surface area contributed by atoms with E-state index >= 15 is 0 Å². The van der Waals surface area contributed by atoms with Crippen LogP contribution in [0, 0.1) is 0 Å². The number of nitrogens with one attached hydrogen (secondary N) is 1.